The van der Waals surface area contributed by atoms with Crippen molar-refractivity contribution in [2.24, 2.45) is 0 Å². The van der Waals surface area contributed by atoms with Crippen LogP contribution in [0, 0.1) is 29.9 Å². The summed E-state index contributed by atoms with van der Waals surface area (Å²) in [5.41, 5.74) is 1.97. The number of aromatic nitrogens is 1. The van der Waals surface area contributed by atoms with Gasteiger partial charge in [-0.05, 0) is 25.5 Å². The highest BCUT2D eigenvalue weighted by atomic mass is 19.2. The highest BCUT2D eigenvalue weighted by Crippen LogP contribution is 2.19. The van der Waals surface area contributed by atoms with Crippen LogP contribution in [0.3, 0.4) is 0 Å². The van der Waals surface area contributed by atoms with Gasteiger partial charge >= 0.3 is 0 Å². The van der Waals surface area contributed by atoms with E-state index < -0.39 is 23.1 Å². The van der Waals surface area contributed by atoms with Crippen molar-refractivity contribution in [1.82, 2.24) is 10.4 Å². The van der Waals surface area contributed by atoms with Crippen molar-refractivity contribution in [2.75, 3.05) is 18.2 Å². The molecule has 2 aromatic rings. The van der Waals surface area contributed by atoms with E-state index in [0.717, 1.165) is 17.1 Å². The van der Waals surface area contributed by atoms with Crippen molar-refractivity contribution in [1.29, 1.82) is 5.26 Å². The van der Waals surface area contributed by atoms with Gasteiger partial charge in [-0.25, -0.2) is 8.78 Å². The van der Waals surface area contributed by atoms with Crippen LogP contribution in [0.2, 0.25) is 0 Å². The minimum Gasteiger partial charge on any atom is -0.492 e. The zero-order valence-electron chi connectivity index (χ0n) is 16.8. The summed E-state index contributed by atoms with van der Waals surface area (Å²) in [6.07, 6.45) is 0.669. The molecule has 0 spiro atoms. The zero-order valence-corrected chi connectivity index (χ0v) is 16.8. The van der Waals surface area contributed by atoms with Crippen LogP contribution in [0.1, 0.15) is 43.2 Å². The molecule has 2 N–H and O–H groups in total. The fraction of sp³-hybridized carbons (Fsp3) is 0.350. The highest BCUT2D eigenvalue weighted by molar-refractivity contribution is 5.97. The maximum absolute atomic E-state index is 13.5. The van der Waals surface area contributed by atoms with Gasteiger partial charge in [0, 0.05) is 17.8 Å². The number of nitrogens with one attached hydrogen (secondary N) is 2. The molecule has 0 bridgehead atoms. The average Bonchev–Trinajstić information content (AvgIpc) is 2.69. The van der Waals surface area contributed by atoms with Gasteiger partial charge in [0.2, 0.25) is 0 Å². The topological polar surface area (TPSA) is 98.2 Å². The Hall–Kier alpha value is -3.41. The molecule has 0 unspecified atom stereocenters. The quantitative estimate of drug-likeness (QED) is 0.542. The summed E-state index contributed by atoms with van der Waals surface area (Å²) in [6, 6.07) is 6.22. The first-order chi connectivity index (χ1) is 13.9. The summed E-state index contributed by atoms with van der Waals surface area (Å²) in [6.45, 7) is 7.46. The van der Waals surface area contributed by atoms with E-state index >= 15 is 0 Å². The van der Waals surface area contributed by atoms with Crippen LogP contribution in [0.25, 0.3) is 0 Å². The molecule has 0 fully saturated rings. The smallest absolute Gasteiger partial charge is 0.279 e. The van der Waals surface area contributed by atoms with E-state index in [9.17, 15) is 18.4 Å². The van der Waals surface area contributed by atoms with E-state index in [-0.39, 0.29) is 23.5 Å². The third-order valence-electron chi connectivity index (χ3n) is 3.50. The zero-order chi connectivity index (χ0) is 22.0. The standard InChI is InChI=1S/C18H18F2N4O3.C2H6/c1-3-8-27-15-9-11(2)22-17(25)16(15)18(26)23-24(7-6-21)12-4-5-13(19)14(20)10-12;1-2/h4-5,9-10H,3,7-8H2,1-2H3,(H,22,25)(H,23,26);1-2H3. The lowest BCUT2D eigenvalue weighted by Crippen LogP contribution is -2.44. The number of halogens is 2. The second-order valence-corrected chi connectivity index (χ2v) is 5.65. The van der Waals surface area contributed by atoms with Gasteiger partial charge in [-0.3, -0.25) is 20.0 Å². The number of aryl methyl sites for hydroxylation is 1. The molecule has 0 saturated heterocycles. The summed E-state index contributed by atoms with van der Waals surface area (Å²) in [7, 11) is 0. The Bertz CT molecular complexity index is 938. The van der Waals surface area contributed by atoms with Gasteiger partial charge in [0.15, 0.2) is 11.6 Å². The van der Waals surface area contributed by atoms with Crippen molar-refractivity contribution in [2.45, 2.75) is 34.1 Å². The number of amides is 1. The van der Waals surface area contributed by atoms with Gasteiger partial charge in [-0.1, -0.05) is 20.8 Å². The molecule has 1 heterocycles. The first kappa shape index (κ1) is 23.6. The first-order valence-electron chi connectivity index (χ1n) is 9.14. The Labute approximate surface area is 167 Å². The van der Waals surface area contributed by atoms with Crippen LogP contribution < -0.4 is 20.7 Å². The summed E-state index contributed by atoms with van der Waals surface area (Å²) < 4.78 is 32.1. The molecular weight excluding hydrogens is 382 g/mol. The van der Waals surface area contributed by atoms with Gasteiger partial charge in [0.05, 0.1) is 18.4 Å². The Kier molecular flexibility index (Phi) is 9.32. The number of pyridine rings is 1. The normalized spacial score (nSPS) is 9.69. The molecule has 1 amide bonds. The molecule has 2 rings (SSSR count). The lowest BCUT2D eigenvalue weighted by molar-refractivity contribution is 0.0944. The summed E-state index contributed by atoms with van der Waals surface area (Å²) in [4.78, 5) is 27.4. The van der Waals surface area contributed by atoms with E-state index in [4.69, 9.17) is 10.00 Å². The second kappa shape index (κ2) is 11.4. The van der Waals surface area contributed by atoms with Crippen LogP contribution >= 0.6 is 0 Å². The predicted octanol–water partition coefficient (Wildman–Crippen LogP) is 3.45. The monoisotopic (exact) mass is 406 g/mol. The molecule has 0 radical (unpaired) electrons. The minimum absolute atomic E-state index is 0.0448. The molecule has 0 saturated carbocycles. The Balaban J connectivity index is 0.00000204. The van der Waals surface area contributed by atoms with Crippen LogP contribution in [-0.4, -0.2) is 24.0 Å². The number of hydrazine groups is 1. The van der Waals surface area contributed by atoms with Crippen LogP contribution in [0.4, 0.5) is 14.5 Å². The fourth-order valence-electron chi connectivity index (χ4n) is 2.30. The lowest BCUT2D eigenvalue weighted by atomic mass is 10.2. The summed E-state index contributed by atoms with van der Waals surface area (Å²) in [5, 5.41) is 9.97. The van der Waals surface area contributed by atoms with E-state index in [0.29, 0.717) is 18.7 Å². The van der Waals surface area contributed by atoms with Crippen molar-refractivity contribution >= 4 is 11.6 Å². The van der Waals surface area contributed by atoms with Crippen molar-refractivity contribution < 1.29 is 18.3 Å². The molecule has 7 nitrogen and oxygen atoms in total. The molecule has 0 aliphatic carbocycles. The fourth-order valence-corrected chi connectivity index (χ4v) is 2.30. The van der Waals surface area contributed by atoms with Gasteiger partial charge in [0.1, 0.15) is 17.9 Å². The van der Waals surface area contributed by atoms with Gasteiger partial charge in [0.25, 0.3) is 11.5 Å². The number of nitrogens with zero attached hydrogens (tertiary/aromatic N) is 2. The lowest BCUT2D eigenvalue weighted by Gasteiger charge is -2.23. The van der Waals surface area contributed by atoms with Crippen LogP contribution in [-0.2, 0) is 0 Å². The molecule has 1 aromatic heterocycles. The number of ether oxygens (including phenoxy) is 1. The Morgan fingerprint density at radius 1 is 1.28 bits per heavy atom. The van der Waals surface area contributed by atoms with E-state index in [2.05, 4.69) is 10.4 Å². The third kappa shape index (κ3) is 6.31. The van der Waals surface area contributed by atoms with Gasteiger partial charge < -0.3 is 9.72 Å². The molecule has 0 atom stereocenters. The predicted molar refractivity (Wildman–Crippen MR) is 106 cm³/mol. The number of hydrogen-bond acceptors (Lipinski definition) is 5. The molecule has 156 valence electrons. The second-order valence-electron chi connectivity index (χ2n) is 5.65. The number of H-pyrrole nitrogens is 1. The Morgan fingerprint density at radius 2 is 1.97 bits per heavy atom. The molecule has 0 aliphatic heterocycles. The van der Waals surface area contributed by atoms with Crippen molar-refractivity contribution in [3.63, 3.8) is 0 Å². The molecule has 9 heteroatoms. The molecule has 1 aromatic carbocycles. The first-order valence-corrected chi connectivity index (χ1v) is 9.14. The third-order valence-corrected chi connectivity index (χ3v) is 3.50. The Morgan fingerprint density at radius 3 is 2.55 bits per heavy atom. The summed E-state index contributed by atoms with van der Waals surface area (Å²) in [5.74, 6) is -2.95. The van der Waals surface area contributed by atoms with E-state index in [1.165, 1.54) is 12.1 Å². The average molecular weight is 406 g/mol. The number of nitriles is 1. The number of carbonyl (C=O) groups is 1. The maximum Gasteiger partial charge on any atom is 0.279 e. The van der Waals surface area contributed by atoms with E-state index in [1.807, 2.05) is 26.8 Å². The van der Waals surface area contributed by atoms with Crippen LogP contribution in [0.5, 0.6) is 5.75 Å². The number of carbonyl (C=O) groups excluding carboxylic acids is 1. The largest absolute Gasteiger partial charge is 0.492 e. The van der Waals surface area contributed by atoms with Crippen molar-refractivity contribution in [3.05, 3.63) is 57.5 Å². The highest BCUT2D eigenvalue weighted by Gasteiger charge is 2.21. The molecule has 0 aliphatic rings. The van der Waals surface area contributed by atoms with Crippen molar-refractivity contribution in [3.8, 4) is 11.8 Å². The molecule has 29 heavy (non-hydrogen) atoms. The van der Waals surface area contributed by atoms with E-state index in [1.54, 1.807) is 6.92 Å². The molecular formula is C20H24F2N4O3. The maximum atomic E-state index is 13.5. The number of benzene rings is 1. The van der Waals surface area contributed by atoms with Gasteiger partial charge in [-0.2, -0.15) is 5.26 Å². The van der Waals surface area contributed by atoms with Crippen LogP contribution in [0.15, 0.2) is 29.1 Å². The number of hydrogen-bond donors (Lipinski definition) is 2. The van der Waals surface area contributed by atoms with Gasteiger partial charge in [-0.15, -0.1) is 0 Å². The number of rotatable bonds is 7. The number of aromatic amines is 1. The minimum atomic E-state index is -1.13. The SMILES string of the molecule is CC.CCCOc1cc(C)[nH]c(=O)c1C(=O)NN(CC#N)c1ccc(F)c(F)c1. The number of anilines is 1. The summed E-state index contributed by atoms with van der Waals surface area (Å²) >= 11 is 0.